The molecule has 0 fully saturated rings. The van der Waals surface area contributed by atoms with Crippen LogP contribution >= 0.6 is 0 Å². The maximum Gasteiger partial charge on any atom is 0.128 e. The molecule has 0 saturated heterocycles. The number of nitrogens with zero attached hydrogens (tertiary/aromatic N) is 1. The van der Waals surface area contributed by atoms with Crippen molar-refractivity contribution < 1.29 is 4.39 Å². The van der Waals surface area contributed by atoms with Crippen molar-refractivity contribution >= 4 is 0 Å². The molecule has 0 saturated carbocycles. The highest BCUT2D eigenvalue weighted by atomic mass is 19.1. The molecule has 16 heavy (non-hydrogen) atoms. The zero-order valence-corrected chi connectivity index (χ0v) is 10.3. The summed E-state index contributed by atoms with van der Waals surface area (Å²) in [6.07, 6.45) is 0. The molecule has 1 N–H and O–H groups in total. The van der Waals surface area contributed by atoms with E-state index in [1.165, 1.54) is 6.07 Å². The van der Waals surface area contributed by atoms with Gasteiger partial charge in [0.15, 0.2) is 0 Å². The monoisotopic (exact) mass is 224 g/mol. The number of nitrogens with one attached hydrogen (secondary N) is 1. The predicted octanol–water partition coefficient (Wildman–Crippen LogP) is 2.43. The summed E-state index contributed by atoms with van der Waals surface area (Å²) < 4.78 is 13.7. The molecular formula is C13H21FN2. The number of halogens is 1. The molecule has 1 atom stereocenters. The third kappa shape index (κ3) is 3.03. The molecule has 1 aromatic rings. The number of hydrogen-bond donors (Lipinski definition) is 1. The fourth-order valence-electron chi connectivity index (χ4n) is 2.04. The first-order chi connectivity index (χ1) is 7.74. The normalized spacial score (nSPS) is 13.1. The van der Waals surface area contributed by atoms with E-state index < -0.39 is 0 Å². The zero-order valence-electron chi connectivity index (χ0n) is 10.3. The van der Waals surface area contributed by atoms with Gasteiger partial charge in [0, 0.05) is 12.1 Å². The van der Waals surface area contributed by atoms with Crippen LogP contribution in [0.25, 0.3) is 0 Å². The quantitative estimate of drug-likeness (QED) is 0.798. The number of benzene rings is 1. The second kappa shape index (κ2) is 6.61. The third-order valence-corrected chi connectivity index (χ3v) is 2.91. The Morgan fingerprint density at radius 3 is 2.38 bits per heavy atom. The van der Waals surface area contributed by atoms with Crippen LogP contribution < -0.4 is 5.32 Å². The molecule has 2 nitrogen and oxygen atoms in total. The van der Waals surface area contributed by atoms with E-state index in [0.717, 1.165) is 25.2 Å². The lowest BCUT2D eigenvalue weighted by Gasteiger charge is -2.30. The van der Waals surface area contributed by atoms with Crippen molar-refractivity contribution in [2.45, 2.75) is 19.9 Å². The van der Waals surface area contributed by atoms with Gasteiger partial charge in [-0.3, -0.25) is 4.90 Å². The summed E-state index contributed by atoms with van der Waals surface area (Å²) >= 11 is 0. The van der Waals surface area contributed by atoms with Crippen molar-refractivity contribution in [3.63, 3.8) is 0 Å². The minimum atomic E-state index is -0.116. The van der Waals surface area contributed by atoms with E-state index in [0.29, 0.717) is 0 Å². The van der Waals surface area contributed by atoms with Crippen LogP contribution in [-0.4, -0.2) is 31.6 Å². The Hall–Kier alpha value is -0.930. The number of likely N-dealkylation sites (N-methyl/N-ethyl adjacent to an activating group) is 2. The molecule has 0 aliphatic rings. The number of rotatable bonds is 6. The zero-order chi connectivity index (χ0) is 12.0. The van der Waals surface area contributed by atoms with Crippen molar-refractivity contribution in [3.05, 3.63) is 35.6 Å². The molecule has 0 aromatic heterocycles. The molecule has 0 spiro atoms. The average Bonchev–Trinajstić information content (AvgIpc) is 2.30. The van der Waals surface area contributed by atoms with Crippen molar-refractivity contribution in [1.29, 1.82) is 0 Å². The van der Waals surface area contributed by atoms with E-state index in [2.05, 4.69) is 24.1 Å². The highest BCUT2D eigenvalue weighted by Gasteiger charge is 2.19. The Labute approximate surface area is 97.5 Å². The SMILES string of the molecule is CCN(CC)C(CNC)c1ccccc1F. The molecule has 3 heteroatoms. The van der Waals surface area contributed by atoms with Crippen LogP contribution in [0, 0.1) is 5.82 Å². The fourth-order valence-corrected chi connectivity index (χ4v) is 2.04. The van der Waals surface area contributed by atoms with Crippen molar-refractivity contribution in [2.24, 2.45) is 0 Å². The predicted molar refractivity (Wildman–Crippen MR) is 66.0 cm³/mol. The largest absolute Gasteiger partial charge is 0.318 e. The van der Waals surface area contributed by atoms with E-state index in [9.17, 15) is 4.39 Å². The van der Waals surface area contributed by atoms with Crippen LogP contribution in [-0.2, 0) is 0 Å². The summed E-state index contributed by atoms with van der Waals surface area (Å²) in [5.41, 5.74) is 0.778. The van der Waals surface area contributed by atoms with Crippen LogP contribution in [0.5, 0.6) is 0 Å². The molecule has 0 radical (unpaired) electrons. The van der Waals surface area contributed by atoms with Crippen molar-refractivity contribution in [1.82, 2.24) is 10.2 Å². The first kappa shape index (κ1) is 13.1. The molecule has 0 bridgehead atoms. The van der Waals surface area contributed by atoms with Crippen LogP contribution in [0.1, 0.15) is 25.5 Å². The third-order valence-electron chi connectivity index (χ3n) is 2.91. The van der Waals surface area contributed by atoms with Crippen molar-refractivity contribution in [2.75, 3.05) is 26.7 Å². The lowest BCUT2D eigenvalue weighted by Crippen LogP contribution is -2.35. The maximum absolute atomic E-state index is 13.7. The Kier molecular flexibility index (Phi) is 5.43. The van der Waals surface area contributed by atoms with Gasteiger partial charge in [-0.15, -0.1) is 0 Å². The maximum atomic E-state index is 13.7. The highest BCUT2D eigenvalue weighted by Crippen LogP contribution is 2.22. The van der Waals surface area contributed by atoms with Gasteiger partial charge >= 0.3 is 0 Å². The van der Waals surface area contributed by atoms with Gasteiger partial charge < -0.3 is 5.32 Å². The van der Waals surface area contributed by atoms with E-state index >= 15 is 0 Å². The van der Waals surface area contributed by atoms with E-state index in [1.807, 2.05) is 19.2 Å². The second-order valence-corrected chi connectivity index (χ2v) is 3.82. The summed E-state index contributed by atoms with van der Waals surface area (Å²) in [4.78, 5) is 2.26. The van der Waals surface area contributed by atoms with Gasteiger partial charge in [-0.2, -0.15) is 0 Å². The first-order valence-corrected chi connectivity index (χ1v) is 5.87. The molecule has 0 aliphatic heterocycles. The van der Waals surface area contributed by atoms with Gasteiger partial charge in [0.05, 0.1) is 6.04 Å². The van der Waals surface area contributed by atoms with Gasteiger partial charge in [-0.1, -0.05) is 32.0 Å². The Balaban J connectivity index is 2.97. The van der Waals surface area contributed by atoms with Gasteiger partial charge in [-0.05, 0) is 26.2 Å². The van der Waals surface area contributed by atoms with Crippen LogP contribution in [0.3, 0.4) is 0 Å². The van der Waals surface area contributed by atoms with Crippen molar-refractivity contribution in [3.8, 4) is 0 Å². The molecule has 1 unspecified atom stereocenters. The minimum absolute atomic E-state index is 0.112. The molecule has 1 aromatic carbocycles. The molecule has 90 valence electrons. The number of hydrogen-bond acceptors (Lipinski definition) is 2. The van der Waals surface area contributed by atoms with E-state index in [1.54, 1.807) is 6.07 Å². The minimum Gasteiger partial charge on any atom is -0.318 e. The molecule has 0 aliphatic carbocycles. The summed E-state index contributed by atoms with van der Waals surface area (Å²) in [5, 5.41) is 3.13. The Morgan fingerprint density at radius 1 is 1.25 bits per heavy atom. The smallest absolute Gasteiger partial charge is 0.128 e. The summed E-state index contributed by atoms with van der Waals surface area (Å²) in [6.45, 7) is 6.83. The Morgan fingerprint density at radius 2 is 1.88 bits per heavy atom. The molecule has 0 heterocycles. The fraction of sp³-hybridized carbons (Fsp3) is 0.538. The van der Waals surface area contributed by atoms with Gasteiger partial charge in [0.1, 0.15) is 5.82 Å². The van der Waals surface area contributed by atoms with Crippen LogP contribution in [0.4, 0.5) is 4.39 Å². The highest BCUT2D eigenvalue weighted by molar-refractivity contribution is 5.21. The first-order valence-electron chi connectivity index (χ1n) is 5.87. The van der Waals surface area contributed by atoms with Gasteiger partial charge in [0.2, 0.25) is 0 Å². The van der Waals surface area contributed by atoms with Crippen LogP contribution in [0.2, 0.25) is 0 Å². The summed E-state index contributed by atoms with van der Waals surface area (Å²) in [5.74, 6) is -0.116. The lowest BCUT2D eigenvalue weighted by molar-refractivity contribution is 0.212. The Bertz CT molecular complexity index is 311. The van der Waals surface area contributed by atoms with Gasteiger partial charge in [-0.25, -0.2) is 4.39 Å². The second-order valence-electron chi connectivity index (χ2n) is 3.82. The van der Waals surface area contributed by atoms with E-state index in [4.69, 9.17) is 0 Å². The van der Waals surface area contributed by atoms with Crippen LogP contribution in [0.15, 0.2) is 24.3 Å². The molecule has 1 rings (SSSR count). The summed E-state index contributed by atoms with van der Waals surface area (Å²) in [6, 6.07) is 7.14. The standard InChI is InChI=1S/C13H21FN2/c1-4-16(5-2)13(10-15-3)11-8-6-7-9-12(11)14/h6-9,13,15H,4-5,10H2,1-3H3. The van der Waals surface area contributed by atoms with Gasteiger partial charge in [0.25, 0.3) is 0 Å². The molecular weight excluding hydrogens is 203 g/mol. The lowest BCUT2D eigenvalue weighted by atomic mass is 10.0. The average molecular weight is 224 g/mol. The summed E-state index contributed by atoms with van der Waals surface area (Å²) in [7, 11) is 1.90. The molecule has 0 amide bonds. The van der Waals surface area contributed by atoms with E-state index in [-0.39, 0.29) is 11.9 Å². The topological polar surface area (TPSA) is 15.3 Å².